The molecule has 3 saturated heterocycles. The minimum absolute atomic E-state index is 0.0173. The second kappa shape index (κ2) is 32.7. The monoisotopic (exact) mass is 1350 g/mol. The first-order valence-electron chi connectivity index (χ1n) is 28.7. The number of nitrogens with one attached hydrogen (secondary N) is 5. The Morgan fingerprint density at radius 2 is 1.16 bits per heavy atom. The molecule has 7 aromatic rings. The fraction of sp³-hybridized carbons (Fsp3) is 0.475. The Balaban J connectivity index is 0.000000210. The summed E-state index contributed by atoms with van der Waals surface area (Å²) in [6.45, 7) is 22.9. The number of H-pyrrole nitrogens is 3. The van der Waals surface area contributed by atoms with E-state index in [1.54, 1.807) is 4.52 Å². The second-order valence-corrected chi connectivity index (χ2v) is 31.4. The van der Waals surface area contributed by atoms with E-state index in [9.17, 15) is 28.5 Å². The lowest BCUT2D eigenvalue weighted by atomic mass is 10.0. The van der Waals surface area contributed by atoms with Crippen LogP contribution in [0.25, 0.3) is 39.7 Å². The van der Waals surface area contributed by atoms with Crippen molar-refractivity contribution >= 4 is 97.2 Å². The van der Waals surface area contributed by atoms with Crippen LogP contribution in [0.4, 0.5) is 10.7 Å². The molecule has 3 fully saturated rings. The molecule has 3 aromatic carbocycles. The summed E-state index contributed by atoms with van der Waals surface area (Å²) in [5, 5.41) is 24.0. The first-order chi connectivity index (χ1) is 41.3. The molecule has 10 rings (SSSR count). The van der Waals surface area contributed by atoms with E-state index in [2.05, 4.69) is 131 Å². The largest absolute Gasteiger partial charge is 0.415 e. The van der Waals surface area contributed by atoms with Crippen molar-refractivity contribution in [2.24, 2.45) is 5.73 Å². The molecule has 29 heteroatoms. The third-order valence-corrected chi connectivity index (χ3v) is 14.7. The van der Waals surface area contributed by atoms with Gasteiger partial charge in [-0.05, 0) is 174 Å². The van der Waals surface area contributed by atoms with Gasteiger partial charge >= 0.3 is 21.2 Å². The Morgan fingerprint density at radius 3 is 1.52 bits per heavy atom. The van der Waals surface area contributed by atoms with Gasteiger partial charge < -0.3 is 45.9 Å². The van der Waals surface area contributed by atoms with Gasteiger partial charge in [0.2, 0.25) is 5.95 Å². The van der Waals surface area contributed by atoms with E-state index >= 15 is 0 Å². The van der Waals surface area contributed by atoms with Crippen LogP contribution in [0.1, 0.15) is 150 Å². The number of halogens is 6. The number of hydrogen-bond donors (Lipinski definition) is 6. The van der Waals surface area contributed by atoms with Crippen LogP contribution in [0.5, 0.6) is 0 Å². The number of aromatic amines is 3. The van der Waals surface area contributed by atoms with Crippen LogP contribution in [0.3, 0.4) is 0 Å². The molecule has 2 unspecified atom stereocenters. The molecule has 478 valence electrons. The molecule has 0 radical (unpaired) electrons. The predicted molar refractivity (Wildman–Crippen MR) is 353 cm³/mol. The second-order valence-electron chi connectivity index (χ2n) is 22.6. The number of carbonyl (C=O) groups is 2. The quantitative estimate of drug-likeness (QED) is 0.0421. The summed E-state index contributed by atoms with van der Waals surface area (Å²) in [6.07, 6.45) is 8.81. The molecule has 22 nitrogen and oxygen atoms in total. The summed E-state index contributed by atoms with van der Waals surface area (Å²) in [4.78, 5) is 77.0. The summed E-state index contributed by atoms with van der Waals surface area (Å²) in [6, 6.07) is 27.4. The average molecular weight is 1350 g/mol. The van der Waals surface area contributed by atoms with E-state index in [0.29, 0.717) is 47.8 Å². The van der Waals surface area contributed by atoms with Gasteiger partial charge in [0.05, 0.1) is 17.8 Å². The van der Waals surface area contributed by atoms with Gasteiger partial charge in [-0.1, -0.05) is 112 Å². The van der Waals surface area contributed by atoms with Crippen LogP contribution in [-0.2, 0) is 20.5 Å². The molecule has 0 saturated carbocycles. The maximum Gasteiger partial charge on any atom is 0.340 e. The third-order valence-electron chi connectivity index (χ3n) is 14.4. The number of hydrogen-bond acceptors (Lipinski definition) is 16. The highest BCUT2D eigenvalue weighted by molar-refractivity contribution is 8.24. The molecule has 88 heavy (non-hydrogen) atoms. The lowest BCUT2D eigenvalue weighted by Gasteiger charge is -2.32. The minimum atomic E-state index is -3.22. The van der Waals surface area contributed by atoms with Gasteiger partial charge in [-0.25, -0.2) is 9.78 Å². The molecular weight excluding hydrogens is 1270 g/mol. The molecule has 0 spiro atoms. The standard InChI is InChI=1S/C19H25N5O2.C19H23N5O.C12H14N4O.C6H13N.C3H3Cl3O2.Cl3OP/c1-4-14(20-18(26)24-12-8-11-19(24,2)3)15-17(25)21-16(23-22-15)13-9-6-5-7-10-13;1-4-14-15-17(25)21-16(13-9-6-5-7-10-13)22-24(15)18(20-14)23-12-8-11-19(23,2)3;1-2-9(13)10-12(17)14-11(16-15-10)8-6-4-3-5-7-8;1-6(2)4-3-5-7-6;1-2(7)8-3(4,5)6;1-5(2,3)4/h5-7,9-10,14H,4,8,11-12H2,1-3H3,(H,20,26)(H,21,23,25);5-7,9-10H,4,8,11-12H2,1-3H3,(H,21,22,25);3-7,9H,2,13H2,1H3,(H,14,16,17);7H,3-5H2,1-2H3;1H3;. The van der Waals surface area contributed by atoms with Crippen LogP contribution >= 0.6 is 73.7 Å². The zero-order chi connectivity index (χ0) is 65.2. The van der Waals surface area contributed by atoms with E-state index in [-0.39, 0.29) is 51.2 Å². The van der Waals surface area contributed by atoms with Crippen molar-refractivity contribution in [3.05, 3.63) is 139 Å². The number of rotatable bonds is 10. The zero-order valence-electron chi connectivity index (χ0n) is 51.0. The first kappa shape index (κ1) is 72.8. The molecule has 2 atom stereocenters. The Morgan fingerprint density at radius 1 is 0.682 bits per heavy atom. The number of benzene rings is 3. The molecule has 7 heterocycles. The van der Waals surface area contributed by atoms with Crippen molar-refractivity contribution in [1.29, 1.82) is 0 Å². The summed E-state index contributed by atoms with van der Waals surface area (Å²) in [5.41, 5.74) is 9.70. The number of likely N-dealkylation sites (tertiary alicyclic amines) is 1. The Hall–Kier alpha value is -5.94. The Labute approximate surface area is 541 Å². The van der Waals surface area contributed by atoms with Crippen LogP contribution in [0.15, 0.2) is 105 Å². The van der Waals surface area contributed by atoms with Crippen molar-refractivity contribution < 1.29 is 18.9 Å². The smallest absolute Gasteiger partial charge is 0.340 e. The number of alkyl halides is 3. The first-order valence-corrected chi connectivity index (χ1v) is 34.3. The lowest BCUT2D eigenvalue weighted by molar-refractivity contribution is -0.141. The molecule has 3 aliphatic rings. The van der Waals surface area contributed by atoms with Crippen LogP contribution in [0, 0.1) is 0 Å². The number of aryl methyl sites for hydroxylation is 1. The summed E-state index contributed by atoms with van der Waals surface area (Å²) < 4.78 is 13.4. The van der Waals surface area contributed by atoms with Crippen molar-refractivity contribution in [2.75, 3.05) is 24.5 Å². The number of urea groups is 1. The molecule has 7 N–H and O–H groups in total. The van der Waals surface area contributed by atoms with Crippen LogP contribution < -0.4 is 37.9 Å². The van der Waals surface area contributed by atoms with Gasteiger partial charge in [-0.15, -0.1) is 25.5 Å². The minimum Gasteiger partial charge on any atom is -0.415 e. The average Bonchev–Trinajstić information content (AvgIpc) is 1.62. The molecule has 2 amide bonds. The number of anilines is 1. The molecular formula is C59H78Cl6N15O7P. The summed E-state index contributed by atoms with van der Waals surface area (Å²) in [5.74, 6) is 1.60. The number of carbonyl (C=O) groups excluding carboxylic acids is 2. The zero-order valence-corrected chi connectivity index (χ0v) is 56.4. The van der Waals surface area contributed by atoms with Crippen LogP contribution in [-0.4, -0.2) is 107 Å². The number of esters is 1. The summed E-state index contributed by atoms with van der Waals surface area (Å²) in [7, 11) is 0. The van der Waals surface area contributed by atoms with Gasteiger partial charge in [0.25, 0.3) is 16.7 Å². The van der Waals surface area contributed by atoms with Crippen molar-refractivity contribution in [2.45, 2.75) is 160 Å². The Kier molecular flexibility index (Phi) is 27.0. The fourth-order valence-corrected chi connectivity index (χ4v) is 10.1. The molecule has 3 aliphatic heterocycles. The maximum atomic E-state index is 12.8. The Bertz CT molecular complexity index is 3600. The van der Waals surface area contributed by atoms with E-state index in [1.165, 1.54) is 19.4 Å². The fourth-order valence-electron chi connectivity index (χ4n) is 9.77. The van der Waals surface area contributed by atoms with Gasteiger partial charge in [0.1, 0.15) is 5.69 Å². The van der Waals surface area contributed by atoms with E-state index < -0.39 is 21.2 Å². The number of ether oxygens (including phenoxy) is 1. The van der Waals surface area contributed by atoms with Crippen LogP contribution in [0.2, 0.25) is 0 Å². The van der Waals surface area contributed by atoms with Crippen molar-refractivity contribution in [3.63, 3.8) is 0 Å². The van der Waals surface area contributed by atoms with E-state index in [4.69, 9.17) is 50.6 Å². The van der Waals surface area contributed by atoms with E-state index in [1.807, 2.05) is 117 Å². The predicted octanol–water partition coefficient (Wildman–Crippen LogP) is 13.0. The van der Waals surface area contributed by atoms with Gasteiger partial charge in [0.15, 0.2) is 28.7 Å². The number of nitrogens with two attached hydrogens (primary N) is 1. The number of nitrogens with zero attached hydrogens (tertiary/aromatic N) is 9. The van der Waals surface area contributed by atoms with Crippen molar-refractivity contribution in [3.8, 4) is 34.2 Å². The summed E-state index contributed by atoms with van der Waals surface area (Å²) >= 11 is 28.9. The molecule has 0 aliphatic carbocycles. The topological polar surface area (TPSA) is 297 Å². The van der Waals surface area contributed by atoms with Gasteiger partial charge in [-0.3, -0.25) is 23.7 Å². The van der Waals surface area contributed by atoms with Crippen molar-refractivity contribution in [1.82, 2.24) is 65.5 Å². The number of fused-ring (bicyclic) bond motifs is 1. The lowest BCUT2D eigenvalue weighted by Crippen LogP contribution is -2.49. The normalized spacial score (nSPS) is 16.1. The van der Waals surface area contributed by atoms with Gasteiger partial charge in [0, 0.05) is 53.3 Å². The number of amides is 2. The van der Waals surface area contributed by atoms with E-state index in [0.717, 1.165) is 74.0 Å². The highest BCUT2D eigenvalue weighted by Gasteiger charge is 2.38. The highest BCUT2D eigenvalue weighted by Crippen LogP contribution is 2.61. The number of aromatic nitrogens is 10. The maximum absolute atomic E-state index is 12.8. The molecule has 4 aromatic heterocycles. The number of imidazole rings is 1. The molecule has 0 bridgehead atoms. The third kappa shape index (κ3) is 22.2. The van der Waals surface area contributed by atoms with Gasteiger partial charge in [-0.2, -0.15) is 4.52 Å². The highest BCUT2D eigenvalue weighted by atomic mass is 36.0. The SMILES string of the molecule is CC(=O)OC(Cl)(Cl)Cl.CC1(C)CCCN1.CCC(N)c1nnc(-c2ccccc2)[nH]c1=O.CCC(NC(=O)N1CCCC1(C)C)c1nnc(-c2ccccc2)[nH]c1=O.CCc1nc(N2CCCC2(C)C)n2nc(-c3ccccc3)[nH]c(=O)c12.O=P(Cl)(Cl)Cl.